The number of nitrogens with zero attached hydrogens (tertiary/aromatic N) is 1. The summed E-state index contributed by atoms with van der Waals surface area (Å²) in [5.41, 5.74) is 1.44. The van der Waals surface area contributed by atoms with Crippen molar-refractivity contribution in [1.29, 1.82) is 0 Å². The van der Waals surface area contributed by atoms with Crippen LogP contribution in [0.5, 0.6) is 0 Å². The fourth-order valence-electron chi connectivity index (χ4n) is 2.69. The van der Waals surface area contributed by atoms with Gasteiger partial charge in [0.2, 0.25) is 0 Å². The number of ether oxygens (including phenoxy) is 2. The largest absolute Gasteiger partial charge is 0.460 e. The topological polar surface area (TPSA) is 67.9 Å². The highest BCUT2D eigenvalue weighted by atomic mass is 35.5. The van der Waals surface area contributed by atoms with Gasteiger partial charge in [0.1, 0.15) is 6.61 Å². The van der Waals surface area contributed by atoms with E-state index in [1.165, 1.54) is 12.0 Å². The van der Waals surface area contributed by atoms with Crippen LogP contribution in [0.1, 0.15) is 25.5 Å². The normalized spacial score (nSPS) is 17.6. The average Bonchev–Trinajstić information content (AvgIpc) is 2.55. The first kappa shape index (κ1) is 19.6. The van der Waals surface area contributed by atoms with E-state index in [0.717, 1.165) is 0 Å². The Kier molecular flexibility index (Phi) is 6.70. The van der Waals surface area contributed by atoms with Crippen molar-refractivity contribution in [2.45, 2.75) is 19.9 Å². The molecular formula is C17H20Cl2N2O4. The lowest BCUT2D eigenvalue weighted by atomic mass is 9.95. The minimum atomic E-state index is -0.713. The van der Waals surface area contributed by atoms with Crippen molar-refractivity contribution in [2.24, 2.45) is 0 Å². The summed E-state index contributed by atoms with van der Waals surface area (Å²) < 4.78 is 10.2. The number of esters is 1. The summed E-state index contributed by atoms with van der Waals surface area (Å²) in [6.07, 6.45) is 0. The van der Waals surface area contributed by atoms with Gasteiger partial charge in [0.25, 0.3) is 0 Å². The molecule has 1 atom stereocenters. The molecule has 1 aliphatic heterocycles. The van der Waals surface area contributed by atoms with Gasteiger partial charge in [-0.15, -0.1) is 0 Å². The van der Waals surface area contributed by atoms with Gasteiger partial charge in [0, 0.05) is 29.4 Å². The maximum absolute atomic E-state index is 12.6. The Morgan fingerprint density at radius 2 is 2.04 bits per heavy atom. The van der Waals surface area contributed by atoms with Crippen LogP contribution in [0.15, 0.2) is 29.5 Å². The molecule has 0 fully saturated rings. The summed E-state index contributed by atoms with van der Waals surface area (Å²) in [5.74, 6) is -0.524. The first-order valence-electron chi connectivity index (χ1n) is 7.80. The Balaban J connectivity index is 2.46. The number of hydrogen-bond donors (Lipinski definition) is 1. The van der Waals surface area contributed by atoms with Crippen LogP contribution in [-0.2, 0) is 14.3 Å². The van der Waals surface area contributed by atoms with Gasteiger partial charge < -0.3 is 14.8 Å². The van der Waals surface area contributed by atoms with Crippen molar-refractivity contribution in [3.05, 3.63) is 45.1 Å². The van der Waals surface area contributed by atoms with Gasteiger partial charge in [-0.1, -0.05) is 29.3 Å². The molecule has 136 valence electrons. The van der Waals surface area contributed by atoms with E-state index in [-0.39, 0.29) is 19.2 Å². The standard InChI is InChI=1S/C17H20Cl2N2O4/c1-4-21-10(2)14(16(22)25-8-7-24-3)15(20-17(21)23)12-6-5-11(18)9-13(12)19/h5-6,9,15H,4,7-8H2,1-3H3,(H,20,23). The van der Waals surface area contributed by atoms with Gasteiger partial charge in [-0.05, 0) is 31.5 Å². The number of allylic oxidation sites excluding steroid dienone is 1. The zero-order valence-electron chi connectivity index (χ0n) is 14.3. The number of halogens is 2. The molecule has 25 heavy (non-hydrogen) atoms. The molecule has 1 aromatic carbocycles. The van der Waals surface area contributed by atoms with E-state index >= 15 is 0 Å². The van der Waals surface area contributed by atoms with Gasteiger partial charge in [0.15, 0.2) is 0 Å². The van der Waals surface area contributed by atoms with Crippen LogP contribution in [0, 0.1) is 0 Å². The summed E-state index contributed by atoms with van der Waals surface area (Å²) in [5, 5.41) is 3.64. The quantitative estimate of drug-likeness (QED) is 0.599. The third kappa shape index (κ3) is 4.26. The van der Waals surface area contributed by atoms with Crippen LogP contribution < -0.4 is 5.32 Å². The number of hydrogen-bond acceptors (Lipinski definition) is 4. The van der Waals surface area contributed by atoms with Crippen LogP contribution in [0.3, 0.4) is 0 Å². The van der Waals surface area contributed by atoms with Gasteiger partial charge in [-0.2, -0.15) is 0 Å². The SMILES string of the molecule is CCN1C(=O)NC(c2ccc(Cl)cc2Cl)C(C(=O)OCCOC)=C1C. The van der Waals surface area contributed by atoms with E-state index in [9.17, 15) is 9.59 Å². The highest BCUT2D eigenvalue weighted by Gasteiger charge is 2.36. The molecule has 2 amide bonds. The fourth-order valence-corrected chi connectivity index (χ4v) is 3.21. The number of methoxy groups -OCH3 is 1. The zero-order chi connectivity index (χ0) is 18.6. The van der Waals surface area contributed by atoms with Crippen molar-refractivity contribution in [1.82, 2.24) is 10.2 Å². The number of nitrogens with one attached hydrogen (secondary N) is 1. The molecule has 0 bridgehead atoms. The van der Waals surface area contributed by atoms with Crippen LogP contribution in [0.25, 0.3) is 0 Å². The maximum atomic E-state index is 12.6. The zero-order valence-corrected chi connectivity index (χ0v) is 15.8. The van der Waals surface area contributed by atoms with Crippen LogP contribution in [0.2, 0.25) is 10.0 Å². The molecule has 6 nitrogen and oxygen atoms in total. The van der Waals surface area contributed by atoms with Crippen molar-refractivity contribution in [2.75, 3.05) is 26.9 Å². The number of carbonyl (C=O) groups excluding carboxylic acids is 2. The number of benzene rings is 1. The highest BCUT2D eigenvalue weighted by Crippen LogP contribution is 2.35. The monoisotopic (exact) mass is 386 g/mol. The molecule has 1 aliphatic rings. The second kappa shape index (κ2) is 8.56. The van der Waals surface area contributed by atoms with Crippen LogP contribution in [-0.4, -0.2) is 43.8 Å². The van der Waals surface area contributed by atoms with Crippen molar-refractivity contribution < 1.29 is 19.1 Å². The highest BCUT2D eigenvalue weighted by molar-refractivity contribution is 6.35. The van der Waals surface area contributed by atoms with Gasteiger partial charge in [-0.3, -0.25) is 4.90 Å². The molecule has 0 saturated heterocycles. The van der Waals surface area contributed by atoms with Gasteiger partial charge >= 0.3 is 12.0 Å². The summed E-state index contributed by atoms with van der Waals surface area (Å²) in [6.45, 7) is 4.37. The maximum Gasteiger partial charge on any atom is 0.338 e. The summed E-state index contributed by atoms with van der Waals surface area (Å²) in [7, 11) is 1.52. The second-order valence-corrected chi connectivity index (χ2v) is 6.26. The summed E-state index contributed by atoms with van der Waals surface area (Å²) >= 11 is 12.2. The first-order valence-corrected chi connectivity index (χ1v) is 8.56. The lowest BCUT2D eigenvalue weighted by Gasteiger charge is -2.35. The Bertz CT molecular complexity index is 706. The third-order valence-corrected chi connectivity index (χ3v) is 4.49. The predicted molar refractivity (Wildman–Crippen MR) is 95.6 cm³/mol. The first-order chi connectivity index (χ1) is 11.9. The van der Waals surface area contributed by atoms with Crippen molar-refractivity contribution in [3.8, 4) is 0 Å². The average molecular weight is 387 g/mol. The third-order valence-electron chi connectivity index (χ3n) is 3.93. The Hall–Kier alpha value is -1.76. The number of amides is 2. The minimum Gasteiger partial charge on any atom is -0.460 e. The fraction of sp³-hybridized carbons (Fsp3) is 0.412. The molecular weight excluding hydrogens is 367 g/mol. The smallest absolute Gasteiger partial charge is 0.338 e. The van der Waals surface area contributed by atoms with E-state index in [1.807, 2.05) is 6.92 Å². The van der Waals surface area contributed by atoms with E-state index in [0.29, 0.717) is 33.4 Å². The summed E-state index contributed by atoms with van der Waals surface area (Å²) in [4.78, 5) is 26.5. The van der Waals surface area contributed by atoms with Crippen molar-refractivity contribution >= 4 is 35.2 Å². The molecule has 0 spiro atoms. The van der Waals surface area contributed by atoms with E-state index < -0.39 is 12.0 Å². The molecule has 0 aromatic heterocycles. The summed E-state index contributed by atoms with van der Waals surface area (Å²) in [6, 6.07) is 3.90. The molecule has 0 aliphatic carbocycles. The predicted octanol–water partition coefficient (Wildman–Crippen LogP) is 3.54. The molecule has 1 aromatic rings. The lowest BCUT2D eigenvalue weighted by molar-refractivity contribution is -0.140. The molecule has 2 rings (SSSR count). The Morgan fingerprint density at radius 1 is 1.32 bits per heavy atom. The molecule has 0 radical (unpaired) electrons. The van der Waals surface area contributed by atoms with Crippen molar-refractivity contribution in [3.63, 3.8) is 0 Å². The van der Waals surface area contributed by atoms with Gasteiger partial charge in [0.05, 0.1) is 18.2 Å². The second-order valence-electron chi connectivity index (χ2n) is 5.42. The number of rotatable bonds is 6. The molecule has 1 N–H and O–H groups in total. The molecule has 8 heteroatoms. The lowest BCUT2D eigenvalue weighted by Crippen LogP contribution is -2.48. The number of urea groups is 1. The van der Waals surface area contributed by atoms with E-state index in [1.54, 1.807) is 25.1 Å². The number of carbonyl (C=O) groups is 2. The molecule has 1 heterocycles. The van der Waals surface area contributed by atoms with Crippen LogP contribution in [0.4, 0.5) is 4.79 Å². The molecule has 0 saturated carbocycles. The Labute approximate surface area is 156 Å². The van der Waals surface area contributed by atoms with Gasteiger partial charge in [-0.25, -0.2) is 9.59 Å². The van der Waals surface area contributed by atoms with E-state index in [2.05, 4.69) is 5.32 Å². The van der Waals surface area contributed by atoms with Crippen LogP contribution >= 0.6 is 23.2 Å². The minimum absolute atomic E-state index is 0.118. The van der Waals surface area contributed by atoms with E-state index in [4.69, 9.17) is 32.7 Å². The molecule has 1 unspecified atom stereocenters. The Morgan fingerprint density at radius 3 is 2.64 bits per heavy atom.